The fraction of sp³-hybridized carbons (Fsp3) is 0.600. The van der Waals surface area contributed by atoms with E-state index < -0.39 is 0 Å². The first-order valence-electron chi connectivity index (χ1n) is 9.62. The molecule has 0 bridgehead atoms. The molecular formula is C20H32IN5O. The maximum atomic E-state index is 5.27. The molecule has 1 fully saturated rings. The van der Waals surface area contributed by atoms with Gasteiger partial charge >= 0.3 is 0 Å². The number of para-hydroxylation sites is 2. The maximum absolute atomic E-state index is 5.27. The van der Waals surface area contributed by atoms with E-state index in [1.54, 1.807) is 7.11 Å². The molecule has 0 saturated heterocycles. The van der Waals surface area contributed by atoms with Crippen LogP contribution < -0.4 is 10.6 Å². The third-order valence-electron chi connectivity index (χ3n) is 5.43. The Morgan fingerprint density at radius 1 is 1.30 bits per heavy atom. The quantitative estimate of drug-likeness (QED) is 0.220. The van der Waals surface area contributed by atoms with E-state index in [0.29, 0.717) is 5.41 Å². The second-order valence-corrected chi connectivity index (χ2v) is 7.25. The van der Waals surface area contributed by atoms with Crippen LogP contribution in [0.4, 0.5) is 0 Å². The first-order chi connectivity index (χ1) is 12.7. The van der Waals surface area contributed by atoms with Crippen molar-refractivity contribution in [2.24, 2.45) is 10.4 Å². The van der Waals surface area contributed by atoms with E-state index in [1.165, 1.54) is 19.3 Å². The molecule has 7 heteroatoms. The highest BCUT2D eigenvalue weighted by atomic mass is 127. The number of guanidine groups is 1. The van der Waals surface area contributed by atoms with Gasteiger partial charge in [0.25, 0.3) is 0 Å². The molecule has 1 aliphatic carbocycles. The van der Waals surface area contributed by atoms with E-state index in [-0.39, 0.29) is 24.0 Å². The summed E-state index contributed by atoms with van der Waals surface area (Å²) in [7, 11) is 3.61. The van der Waals surface area contributed by atoms with Gasteiger partial charge in [0.1, 0.15) is 5.82 Å². The van der Waals surface area contributed by atoms with Crippen LogP contribution in [0.5, 0.6) is 0 Å². The summed E-state index contributed by atoms with van der Waals surface area (Å²) in [4.78, 5) is 12.4. The van der Waals surface area contributed by atoms with E-state index in [4.69, 9.17) is 4.74 Å². The zero-order valence-corrected chi connectivity index (χ0v) is 18.7. The van der Waals surface area contributed by atoms with Gasteiger partial charge in [0.05, 0.1) is 11.0 Å². The summed E-state index contributed by atoms with van der Waals surface area (Å²) in [5, 5.41) is 6.92. The molecule has 3 N–H and O–H groups in total. The SMILES string of the molecule is CN=C(NCCCc1nc2ccccc2[nH]1)NCC1(CCOC)CCC1.I. The Bertz CT molecular complexity index is 693. The third kappa shape index (κ3) is 6.07. The van der Waals surface area contributed by atoms with Gasteiger partial charge in [-0.3, -0.25) is 4.99 Å². The minimum Gasteiger partial charge on any atom is -0.385 e. The van der Waals surface area contributed by atoms with Crippen LogP contribution in [0, 0.1) is 5.41 Å². The Labute approximate surface area is 179 Å². The Kier molecular flexibility index (Phi) is 8.82. The van der Waals surface area contributed by atoms with E-state index in [9.17, 15) is 0 Å². The van der Waals surface area contributed by atoms with Crippen molar-refractivity contribution in [3.63, 3.8) is 0 Å². The van der Waals surface area contributed by atoms with Crippen LogP contribution in [0.1, 0.15) is 37.9 Å². The number of aryl methyl sites for hydroxylation is 1. The molecule has 150 valence electrons. The number of aliphatic imine (C=N–C) groups is 1. The van der Waals surface area contributed by atoms with Crippen molar-refractivity contribution in [2.45, 2.75) is 38.5 Å². The fourth-order valence-electron chi connectivity index (χ4n) is 3.59. The number of nitrogens with zero attached hydrogens (tertiary/aromatic N) is 2. The molecule has 6 nitrogen and oxygen atoms in total. The summed E-state index contributed by atoms with van der Waals surface area (Å²) < 4.78 is 5.27. The smallest absolute Gasteiger partial charge is 0.190 e. The Balaban J connectivity index is 0.00000261. The molecule has 27 heavy (non-hydrogen) atoms. The topological polar surface area (TPSA) is 74.3 Å². The number of methoxy groups -OCH3 is 1. The van der Waals surface area contributed by atoms with E-state index in [0.717, 1.165) is 61.8 Å². The summed E-state index contributed by atoms with van der Waals surface area (Å²) in [5.74, 6) is 1.93. The lowest BCUT2D eigenvalue weighted by Crippen LogP contribution is -2.47. The van der Waals surface area contributed by atoms with E-state index in [2.05, 4.69) is 31.7 Å². The normalized spacial score (nSPS) is 15.9. The van der Waals surface area contributed by atoms with Crippen LogP contribution in [0.15, 0.2) is 29.3 Å². The Morgan fingerprint density at radius 2 is 2.11 bits per heavy atom. The highest BCUT2D eigenvalue weighted by molar-refractivity contribution is 14.0. The van der Waals surface area contributed by atoms with Gasteiger partial charge in [-0.05, 0) is 43.2 Å². The van der Waals surface area contributed by atoms with Crippen molar-refractivity contribution in [3.8, 4) is 0 Å². The number of rotatable bonds is 9. The standard InChI is InChI=1S/C20H31N5O.HI/c1-21-19(23-15-20(10-6-11-20)12-14-26-2)22-13-5-9-18-24-16-7-3-4-8-17(16)25-18;/h3-4,7-8H,5-6,9-15H2,1-2H3,(H,24,25)(H2,21,22,23);1H. The Hall–Kier alpha value is -1.35. The predicted octanol–water partition coefficient (Wildman–Crippen LogP) is 3.49. The average Bonchev–Trinajstić information content (AvgIpc) is 3.05. The van der Waals surface area contributed by atoms with Crippen LogP contribution in [0.3, 0.4) is 0 Å². The van der Waals surface area contributed by atoms with Crippen molar-refractivity contribution >= 4 is 41.0 Å². The predicted molar refractivity (Wildman–Crippen MR) is 122 cm³/mol. The minimum atomic E-state index is 0. The van der Waals surface area contributed by atoms with Crippen LogP contribution >= 0.6 is 24.0 Å². The summed E-state index contributed by atoms with van der Waals surface area (Å²) in [6.07, 6.45) is 6.96. The highest BCUT2D eigenvalue weighted by Gasteiger charge is 2.36. The van der Waals surface area contributed by atoms with Crippen LogP contribution in [0.25, 0.3) is 11.0 Å². The minimum absolute atomic E-state index is 0. The van der Waals surface area contributed by atoms with Gasteiger partial charge in [0.15, 0.2) is 5.96 Å². The second-order valence-electron chi connectivity index (χ2n) is 7.25. The number of fused-ring (bicyclic) bond motifs is 1. The number of nitrogens with one attached hydrogen (secondary N) is 3. The average molecular weight is 485 g/mol. The molecule has 1 aliphatic rings. The molecule has 0 radical (unpaired) electrons. The van der Waals surface area contributed by atoms with Crippen molar-refractivity contribution in [3.05, 3.63) is 30.1 Å². The van der Waals surface area contributed by atoms with Gasteiger partial charge in [-0.15, -0.1) is 24.0 Å². The molecule has 2 aromatic rings. The summed E-state index contributed by atoms with van der Waals surface area (Å²) in [5.41, 5.74) is 2.53. The molecule has 0 aliphatic heterocycles. The van der Waals surface area contributed by atoms with Gasteiger partial charge in [0, 0.05) is 40.3 Å². The lowest BCUT2D eigenvalue weighted by atomic mass is 9.67. The summed E-state index contributed by atoms with van der Waals surface area (Å²) >= 11 is 0. The zero-order valence-electron chi connectivity index (χ0n) is 16.4. The number of hydrogen-bond acceptors (Lipinski definition) is 3. The fourth-order valence-corrected chi connectivity index (χ4v) is 3.59. The second kappa shape index (κ2) is 10.8. The molecule has 1 saturated carbocycles. The van der Waals surface area contributed by atoms with Gasteiger partial charge in [0.2, 0.25) is 0 Å². The van der Waals surface area contributed by atoms with E-state index >= 15 is 0 Å². The van der Waals surface area contributed by atoms with Crippen molar-refractivity contribution in [1.82, 2.24) is 20.6 Å². The number of aromatic amines is 1. The largest absolute Gasteiger partial charge is 0.385 e. The number of hydrogen-bond donors (Lipinski definition) is 3. The molecule has 0 unspecified atom stereocenters. The molecular weight excluding hydrogens is 453 g/mol. The van der Waals surface area contributed by atoms with Crippen LogP contribution in [-0.4, -0.2) is 49.8 Å². The number of aromatic nitrogens is 2. The number of benzene rings is 1. The monoisotopic (exact) mass is 485 g/mol. The summed E-state index contributed by atoms with van der Waals surface area (Å²) in [6.45, 7) is 2.69. The molecule has 3 rings (SSSR count). The van der Waals surface area contributed by atoms with Crippen LogP contribution in [0.2, 0.25) is 0 Å². The molecule has 1 aromatic carbocycles. The lowest BCUT2D eigenvalue weighted by Gasteiger charge is -2.42. The zero-order chi connectivity index (χ0) is 18.2. The molecule has 0 atom stereocenters. The van der Waals surface area contributed by atoms with Gasteiger partial charge in [-0.2, -0.15) is 0 Å². The first kappa shape index (κ1) is 21.9. The molecule has 0 amide bonds. The first-order valence-corrected chi connectivity index (χ1v) is 9.62. The highest BCUT2D eigenvalue weighted by Crippen LogP contribution is 2.43. The van der Waals surface area contributed by atoms with Gasteiger partial charge in [-0.25, -0.2) is 4.98 Å². The van der Waals surface area contributed by atoms with Crippen molar-refractivity contribution < 1.29 is 4.74 Å². The Morgan fingerprint density at radius 3 is 2.78 bits per heavy atom. The number of ether oxygens (including phenoxy) is 1. The lowest BCUT2D eigenvalue weighted by molar-refractivity contribution is 0.0732. The third-order valence-corrected chi connectivity index (χ3v) is 5.43. The van der Waals surface area contributed by atoms with Crippen molar-refractivity contribution in [1.29, 1.82) is 0 Å². The van der Waals surface area contributed by atoms with Gasteiger partial charge < -0.3 is 20.4 Å². The number of H-pyrrole nitrogens is 1. The molecule has 1 heterocycles. The molecule has 0 spiro atoms. The number of imidazole rings is 1. The molecule has 1 aromatic heterocycles. The maximum Gasteiger partial charge on any atom is 0.190 e. The van der Waals surface area contributed by atoms with Crippen molar-refractivity contribution in [2.75, 3.05) is 33.9 Å². The van der Waals surface area contributed by atoms with Crippen LogP contribution in [-0.2, 0) is 11.2 Å². The van der Waals surface area contributed by atoms with Gasteiger partial charge in [-0.1, -0.05) is 18.6 Å². The summed E-state index contributed by atoms with van der Waals surface area (Å²) in [6, 6.07) is 8.16. The number of halogens is 1. The van der Waals surface area contributed by atoms with E-state index in [1.807, 2.05) is 25.2 Å².